The van der Waals surface area contributed by atoms with Crippen LogP contribution in [0.15, 0.2) is 29.8 Å². The molecule has 25 heavy (non-hydrogen) atoms. The highest BCUT2D eigenvalue weighted by molar-refractivity contribution is 7.98. The van der Waals surface area contributed by atoms with E-state index in [-0.39, 0.29) is 11.5 Å². The number of aromatic nitrogens is 8. The summed E-state index contributed by atoms with van der Waals surface area (Å²) in [6, 6.07) is 0. The van der Waals surface area contributed by atoms with Crippen molar-refractivity contribution >= 4 is 17.5 Å². The third kappa shape index (κ3) is 2.63. The second kappa shape index (κ2) is 5.58. The molecule has 8 nitrogen and oxygen atoms in total. The SMILES string of the molecule is CSc1cnc2nc(-c3n[nH]c(C(F)(F)F)n3)c(-c3cnc[nH]3)n2c1. The first-order valence-electron chi connectivity index (χ1n) is 6.88. The van der Waals surface area contributed by atoms with Crippen LogP contribution in [0.5, 0.6) is 0 Å². The van der Waals surface area contributed by atoms with Gasteiger partial charge >= 0.3 is 6.18 Å². The Balaban J connectivity index is 1.97. The van der Waals surface area contributed by atoms with Gasteiger partial charge in [-0.15, -0.1) is 11.8 Å². The van der Waals surface area contributed by atoms with Crippen molar-refractivity contribution in [2.24, 2.45) is 0 Å². The van der Waals surface area contributed by atoms with Crippen molar-refractivity contribution in [3.63, 3.8) is 0 Å². The highest BCUT2D eigenvalue weighted by Gasteiger charge is 2.36. The van der Waals surface area contributed by atoms with Crippen LogP contribution < -0.4 is 0 Å². The second-order valence-corrected chi connectivity index (χ2v) is 5.82. The Morgan fingerprint density at radius 3 is 2.68 bits per heavy atom. The topological polar surface area (TPSA) is 100 Å². The van der Waals surface area contributed by atoms with Crippen LogP contribution in [0.25, 0.3) is 28.7 Å². The average molecular weight is 366 g/mol. The summed E-state index contributed by atoms with van der Waals surface area (Å²) in [6.45, 7) is 0. The Hall–Kier alpha value is -2.89. The average Bonchev–Trinajstić information content (AvgIpc) is 3.30. The lowest BCUT2D eigenvalue weighted by atomic mass is 10.2. The van der Waals surface area contributed by atoms with Crippen molar-refractivity contribution in [3.05, 3.63) is 30.7 Å². The zero-order chi connectivity index (χ0) is 17.6. The third-order valence-electron chi connectivity index (χ3n) is 3.41. The van der Waals surface area contributed by atoms with E-state index in [2.05, 4.69) is 30.0 Å². The van der Waals surface area contributed by atoms with Gasteiger partial charge in [-0.05, 0) is 6.26 Å². The second-order valence-electron chi connectivity index (χ2n) is 4.94. The summed E-state index contributed by atoms with van der Waals surface area (Å²) in [5.41, 5.74) is 1.20. The number of nitrogens with zero attached hydrogens (tertiary/aromatic N) is 6. The largest absolute Gasteiger partial charge is 0.451 e. The number of alkyl halides is 3. The number of thioether (sulfide) groups is 1. The van der Waals surface area contributed by atoms with Crippen LogP contribution in [0.3, 0.4) is 0 Å². The fourth-order valence-electron chi connectivity index (χ4n) is 2.31. The summed E-state index contributed by atoms with van der Waals surface area (Å²) in [5, 5.41) is 5.56. The van der Waals surface area contributed by atoms with Crippen LogP contribution in [0.4, 0.5) is 13.2 Å². The van der Waals surface area contributed by atoms with Gasteiger partial charge in [-0.2, -0.15) is 18.3 Å². The molecule has 0 atom stereocenters. The molecule has 12 heteroatoms. The van der Waals surface area contributed by atoms with Crippen LogP contribution in [-0.4, -0.2) is 45.8 Å². The fourth-order valence-corrected chi connectivity index (χ4v) is 2.68. The predicted molar refractivity (Wildman–Crippen MR) is 82.7 cm³/mol. The Morgan fingerprint density at radius 1 is 1.20 bits per heavy atom. The number of halogens is 3. The standard InChI is InChI=1S/C13H9F3N8S/c1-25-6-2-18-12-20-8(10-21-11(23-22-10)13(14,15)16)9(24(12)4-6)7-3-17-5-19-7/h2-5H,1H3,(H,17,19)(H,21,22,23). The molecule has 4 rings (SSSR count). The third-order valence-corrected chi connectivity index (χ3v) is 4.09. The highest BCUT2D eigenvalue weighted by Crippen LogP contribution is 2.32. The van der Waals surface area contributed by atoms with E-state index in [9.17, 15) is 13.2 Å². The van der Waals surface area contributed by atoms with Crippen LogP contribution in [0, 0.1) is 0 Å². The molecule has 0 bridgehead atoms. The molecule has 0 saturated carbocycles. The van der Waals surface area contributed by atoms with E-state index < -0.39 is 12.0 Å². The van der Waals surface area contributed by atoms with E-state index in [1.807, 2.05) is 11.4 Å². The Kier molecular flexibility index (Phi) is 3.49. The lowest BCUT2D eigenvalue weighted by Gasteiger charge is -2.02. The number of aromatic amines is 2. The highest BCUT2D eigenvalue weighted by atomic mass is 32.2. The first-order valence-corrected chi connectivity index (χ1v) is 8.10. The molecule has 0 radical (unpaired) electrons. The van der Waals surface area contributed by atoms with Gasteiger partial charge in [0.05, 0.1) is 18.2 Å². The number of imidazole rings is 2. The number of hydrogen-bond acceptors (Lipinski definition) is 6. The molecule has 0 aliphatic rings. The minimum absolute atomic E-state index is 0.168. The molecule has 128 valence electrons. The van der Waals surface area contributed by atoms with Crippen LogP contribution in [0.2, 0.25) is 0 Å². The maximum Gasteiger partial charge on any atom is 0.451 e. The minimum atomic E-state index is -4.62. The summed E-state index contributed by atoms with van der Waals surface area (Å²) in [6.07, 6.45) is 3.69. The summed E-state index contributed by atoms with van der Waals surface area (Å²) >= 11 is 1.48. The number of rotatable bonds is 3. The lowest BCUT2D eigenvalue weighted by molar-refractivity contribution is -0.144. The van der Waals surface area contributed by atoms with Crippen LogP contribution in [-0.2, 0) is 6.18 Å². The van der Waals surface area contributed by atoms with Crippen molar-refractivity contribution < 1.29 is 13.2 Å². The lowest BCUT2D eigenvalue weighted by Crippen LogP contribution is -2.07. The molecule has 2 N–H and O–H groups in total. The van der Waals surface area contributed by atoms with Gasteiger partial charge in [0.2, 0.25) is 17.4 Å². The Bertz CT molecular complexity index is 1030. The van der Waals surface area contributed by atoms with Gasteiger partial charge in [0.1, 0.15) is 11.4 Å². The molecule has 0 aromatic carbocycles. The van der Waals surface area contributed by atoms with E-state index >= 15 is 0 Å². The molecule has 0 fully saturated rings. The smallest absolute Gasteiger partial charge is 0.343 e. The summed E-state index contributed by atoms with van der Waals surface area (Å²) < 4.78 is 40.1. The fraction of sp³-hybridized carbons (Fsp3) is 0.154. The number of fused-ring (bicyclic) bond motifs is 1. The predicted octanol–water partition coefficient (Wildman–Crippen LogP) is 2.65. The van der Waals surface area contributed by atoms with Gasteiger partial charge in [0.15, 0.2) is 0 Å². The maximum absolute atomic E-state index is 12.8. The van der Waals surface area contributed by atoms with Gasteiger partial charge < -0.3 is 4.98 Å². The normalized spacial score (nSPS) is 12.2. The summed E-state index contributed by atoms with van der Waals surface area (Å²) in [7, 11) is 0. The molecule has 4 aromatic heterocycles. The number of H-pyrrole nitrogens is 2. The van der Waals surface area contributed by atoms with Gasteiger partial charge in [-0.1, -0.05) is 0 Å². The summed E-state index contributed by atoms with van der Waals surface area (Å²) in [5.74, 6) is -1.04. The number of hydrogen-bond donors (Lipinski definition) is 2. The zero-order valence-corrected chi connectivity index (χ0v) is 13.4. The molecular formula is C13H9F3N8S. The van der Waals surface area contributed by atoms with Crippen molar-refractivity contribution in [1.82, 2.24) is 39.5 Å². The van der Waals surface area contributed by atoms with E-state index in [4.69, 9.17) is 0 Å². The molecule has 0 unspecified atom stereocenters. The van der Waals surface area contributed by atoms with Crippen molar-refractivity contribution in [2.45, 2.75) is 11.1 Å². The van der Waals surface area contributed by atoms with E-state index in [1.165, 1.54) is 24.3 Å². The first-order chi connectivity index (χ1) is 12.0. The van der Waals surface area contributed by atoms with Crippen molar-refractivity contribution in [3.8, 4) is 22.9 Å². The Labute approximate surface area is 141 Å². The number of nitrogens with one attached hydrogen (secondary N) is 2. The van der Waals surface area contributed by atoms with Crippen molar-refractivity contribution in [1.29, 1.82) is 0 Å². The molecule has 0 saturated heterocycles. The van der Waals surface area contributed by atoms with Crippen LogP contribution >= 0.6 is 11.8 Å². The summed E-state index contributed by atoms with van der Waals surface area (Å²) in [4.78, 5) is 19.8. The molecule has 0 aliphatic carbocycles. The molecule has 0 spiro atoms. The van der Waals surface area contributed by atoms with E-state index in [0.29, 0.717) is 17.2 Å². The van der Waals surface area contributed by atoms with E-state index in [1.54, 1.807) is 16.8 Å². The zero-order valence-electron chi connectivity index (χ0n) is 12.5. The minimum Gasteiger partial charge on any atom is -0.343 e. The van der Waals surface area contributed by atoms with Gasteiger partial charge in [-0.3, -0.25) is 9.50 Å². The first kappa shape index (κ1) is 15.6. The van der Waals surface area contributed by atoms with Crippen LogP contribution in [0.1, 0.15) is 5.82 Å². The van der Waals surface area contributed by atoms with Gasteiger partial charge in [0, 0.05) is 17.3 Å². The molecule has 4 heterocycles. The van der Waals surface area contributed by atoms with E-state index in [0.717, 1.165) is 4.90 Å². The molecule has 0 amide bonds. The van der Waals surface area contributed by atoms with Crippen molar-refractivity contribution in [2.75, 3.05) is 6.26 Å². The quantitative estimate of drug-likeness (QED) is 0.541. The molecule has 0 aliphatic heterocycles. The Morgan fingerprint density at radius 2 is 2.04 bits per heavy atom. The van der Waals surface area contributed by atoms with Gasteiger partial charge in [0.25, 0.3) is 0 Å². The molecule has 4 aromatic rings. The maximum atomic E-state index is 12.8. The monoisotopic (exact) mass is 366 g/mol. The molecular weight excluding hydrogens is 357 g/mol. The van der Waals surface area contributed by atoms with Gasteiger partial charge in [-0.25, -0.2) is 19.9 Å².